The van der Waals surface area contributed by atoms with Crippen LogP contribution in [0.5, 0.6) is 0 Å². The van der Waals surface area contributed by atoms with Gasteiger partial charge < -0.3 is 10.2 Å². The standard InChI is InChI=1S/C16H20FN3O/c17-14-9-4-5-10-15(14)19-16(21)20(12-6-11-18)13-7-2-1-3-8-13/h4-5,9-10,13H,1-3,6-8,12H2,(H,19,21). The lowest BCUT2D eigenvalue weighted by Gasteiger charge is -2.34. The third-order valence-corrected chi connectivity index (χ3v) is 3.86. The maximum Gasteiger partial charge on any atom is 0.322 e. The molecule has 0 saturated heterocycles. The summed E-state index contributed by atoms with van der Waals surface area (Å²) in [4.78, 5) is 14.1. The summed E-state index contributed by atoms with van der Waals surface area (Å²) in [5.41, 5.74) is 0.181. The zero-order valence-electron chi connectivity index (χ0n) is 12.0. The number of amides is 2. The Morgan fingerprint density at radius 3 is 2.71 bits per heavy atom. The monoisotopic (exact) mass is 289 g/mol. The third-order valence-electron chi connectivity index (χ3n) is 3.86. The van der Waals surface area contributed by atoms with Crippen molar-refractivity contribution in [3.8, 4) is 6.07 Å². The van der Waals surface area contributed by atoms with E-state index in [4.69, 9.17) is 5.26 Å². The molecule has 1 aromatic rings. The van der Waals surface area contributed by atoms with Crippen molar-refractivity contribution in [3.05, 3.63) is 30.1 Å². The van der Waals surface area contributed by atoms with Gasteiger partial charge in [0, 0.05) is 12.6 Å². The number of carbonyl (C=O) groups is 1. The number of para-hydroxylation sites is 1. The largest absolute Gasteiger partial charge is 0.322 e. The average molecular weight is 289 g/mol. The molecule has 1 fully saturated rings. The van der Waals surface area contributed by atoms with E-state index in [0.29, 0.717) is 13.0 Å². The second-order valence-corrected chi connectivity index (χ2v) is 5.30. The smallest absolute Gasteiger partial charge is 0.321 e. The van der Waals surface area contributed by atoms with E-state index < -0.39 is 5.82 Å². The Kier molecular flexibility index (Phi) is 5.56. The maximum atomic E-state index is 13.6. The van der Waals surface area contributed by atoms with Crippen LogP contribution in [0.3, 0.4) is 0 Å². The Morgan fingerprint density at radius 2 is 2.05 bits per heavy atom. The van der Waals surface area contributed by atoms with E-state index in [-0.39, 0.29) is 17.8 Å². The fraction of sp³-hybridized carbons (Fsp3) is 0.500. The van der Waals surface area contributed by atoms with E-state index in [1.165, 1.54) is 18.6 Å². The highest BCUT2D eigenvalue weighted by molar-refractivity contribution is 5.89. The van der Waals surface area contributed by atoms with Gasteiger partial charge in [-0.1, -0.05) is 31.4 Å². The minimum absolute atomic E-state index is 0.152. The first-order valence-electron chi connectivity index (χ1n) is 7.41. The van der Waals surface area contributed by atoms with Gasteiger partial charge in [0.25, 0.3) is 0 Å². The SMILES string of the molecule is N#CCCN(C(=O)Nc1ccccc1F)C1CCCCC1. The second kappa shape index (κ2) is 7.63. The molecule has 0 aromatic heterocycles. The molecular weight excluding hydrogens is 269 g/mol. The lowest BCUT2D eigenvalue weighted by Crippen LogP contribution is -2.44. The van der Waals surface area contributed by atoms with Crippen LogP contribution in [0.25, 0.3) is 0 Å². The number of anilines is 1. The molecule has 0 unspecified atom stereocenters. The quantitative estimate of drug-likeness (QED) is 0.913. The Morgan fingerprint density at radius 1 is 1.33 bits per heavy atom. The molecule has 0 spiro atoms. The van der Waals surface area contributed by atoms with Gasteiger partial charge in [0.05, 0.1) is 18.2 Å². The first-order valence-corrected chi connectivity index (χ1v) is 7.41. The number of nitrogens with zero attached hydrogens (tertiary/aromatic N) is 2. The van der Waals surface area contributed by atoms with Crippen molar-refractivity contribution >= 4 is 11.7 Å². The fourth-order valence-corrected chi connectivity index (χ4v) is 2.76. The number of nitrogens with one attached hydrogen (secondary N) is 1. The molecule has 2 rings (SSSR count). The molecule has 1 saturated carbocycles. The topological polar surface area (TPSA) is 56.1 Å². The van der Waals surface area contributed by atoms with Gasteiger partial charge in [-0.05, 0) is 25.0 Å². The maximum absolute atomic E-state index is 13.6. The molecule has 1 aromatic carbocycles. The Balaban J connectivity index is 2.06. The van der Waals surface area contributed by atoms with Gasteiger partial charge in [-0.25, -0.2) is 9.18 Å². The lowest BCUT2D eigenvalue weighted by atomic mass is 9.94. The summed E-state index contributed by atoms with van der Waals surface area (Å²) in [6, 6.07) is 8.02. The normalized spacial score (nSPS) is 15.2. The number of urea groups is 1. The van der Waals surface area contributed by atoms with Gasteiger partial charge in [-0.2, -0.15) is 5.26 Å². The molecule has 1 N–H and O–H groups in total. The van der Waals surface area contributed by atoms with Crippen molar-refractivity contribution < 1.29 is 9.18 Å². The van der Waals surface area contributed by atoms with Gasteiger partial charge in [-0.15, -0.1) is 0 Å². The van der Waals surface area contributed by atoms with Crippen LogP contribution in [0, 0.1) is 17.1 Å². The Bertz CT molecular complexity index is 520. The number of halogens is 1. The molecule has 21 heavy (non-hydrogen) atoms. The minimum atomic E-state index is -0.449. The zero-order chi connectivity index (χ0) is 15.1. The molecule has 112 valence electrons. The van der Waals surface area contributed by atoms with Gasteiger partial charge in [0.2, 0.25) is 0 Å². The second-order valence-electron chi connectivity index (χ2n) is 5.30. The van der Waals surface area contributed by atoms with E-state index in [1.54, 1.807) is 17.0 Å². The third kappa shape index (κ3) is 4.19. The molecule has 1 aliphatic carbocycles. The highest BCUT2D eigenvalue weighted by Crippen LogP contribution is 2.24. The molecule has 5 heteroatoms. The predicted molar refractivity (Wildman–Crippen MR) is 79.2 cm³/mol. The molecule has 0 bridgehead atoms. The minimum Gasteiger partial charge on any atom is -0.321 e. The Hall–Kier alpha value is -2.09. The van der Waals surface area contributed by atoms with Crippen LogP contribution in [-0.2, 0) is 0 Å². The van der Waals surface area contributed by atoms with Crippen LogP contribution in [0.15, 0.2) is 24.3 Å². The summed E-state index contributed by atoms with van der Waals surface area (Å²) in [6.45, 7) is 0.390. The van der Waals surface area contributed by atoms with Gasteiger partial charge >= 0.3 is 6.03 Å². The van der Waals surface area contributed by atoms with Crippen LogP contribution in [0.4, 0.5) is 14.9 Å². The lowest BCUT2D eigenvalue weighted by molar-refractivity contribution is 0.169. The predicted octanol–water partition coefficient (Wildman–Crippen LogP) is 3.91. The summed E-state index contributed by atoms with van der Waals surface area (Å²) in [5.74, 6) is -0.449. The summed E-state index contributed by atoms with van der Waals surface area (Å²) in [7, 11) is 0. The highest BCUT2D eigenvalue weighted by atomic mass is 19.1. The summed E-state index contributed by atoms with van der Waals surface area (Å²) in [5, 5.41) is 11.4. The summed E-state index contributed by atoms with van der Waals surface area (Å²) < 4.78 is 13.6. The molecule has 0 aliphatic heterocycles. The number of hydrogen-bond donors (Lipinski definition) is 1. The van der Waals surface area contributed by atoms with Crippen molar-refractivity contribution in [2.24, 2.45) is 0 Å². The van der Waals surface area contributed by atoms with Crippen LogP contribution in [0.2, 0.25) is 0 Å². The molecule has 0 heterocycles. The first-order chi connectivity index (χ1) is 10.2. The van der Waals surface area contributed by atoms with Crippen LogP contribution in [0.1, 0.15) is 38.5 Å². The van der Waals surface area contributed by atoms with E-state index in [1.807, 2.05) is 0 Å². The van der Waals surface area contributed by atoms with Gasteiger partial charge in [-0.3, -0.25) is 0 Å². The van der Waals surface area contributed by atoms with Crippen molar-refractivity contribution in [1.29, 1.82) is 5.26 Å². The van der Waals surface area contributed by atoms with Crippen molar-refractivity contribution in [3.63, 3.8) is 0 Å². The number of rotatable bonds is 4. The van der Waals surface area contributed by atoms with Crippen molar-refractivity contribution in [2.75, 3.05) is 11.9 Å². The molecule has 2 amide bonds. The summed E-state index contributed by atoms with van der Waals surface area (Å²) in [6.07, 6.45) is 5.59. The molecule has 4 nitrogen and oxygen atoms in total. The van der Waals surface area contributed by atoms with Gasteiger partial charge in [0.15, 0.2) is 0 Å². The first kappa shape index (κ1) is 15.3. The average Bonchev–Trinajstić information content (AvgIpc) is 2.51. The summed E-state index contributed by atoms with van der Waals surface area (Å²) >= 11 is 0. The van der Waals surface area contributed by atoms with E-state index in [2.05, 4.69) is 11.4 Å². The zero-order valence-corrected chi connectivity index (χ0v) is 12.0. The van der Waals surface area contributed by atoms with E-state index >= 15 is 0 Å². The van der Waals surface area contributed by atoms with Crippen molar-refractivity contribution in [2.45, 2.75) is 44.6 Å². The van der Waals surface area contributed by atoms with Crippen LogP contribution >= 0.6 is 0 Å². The molecule has 0 radical (unpaired) electrons. The van der Waals surface area contributed by atoms with E-state index in [9.17, 15) is 9.18 Å². The number of nitriles is 1. The molecule has 0 atom stereocenters. The van der Waals surface area contributed by atoms with Crippen LogP contribution in [-0.4, -0.2) is 23.5 Å². The van der Waals surface area contributed by atoms with Crippen LogP contribution < -0.4 is 5.32 Å². The Labute approximate surface area is 124 Å². The number of carbonyl (C=O) groups excluding carboxylic acids is 1. The highest BCUT2D eigenvalue weighted by Gasteiger charge is 2.25. The number of benzene rings is 1. The fourth-order valence-electron chi connectivity index (χ4n) is 2.76. The number of hydrogen-bond acceptors (Lipinski definition) is 2. The molecular formula is C16H20FN3O. The molecule has 1 aliphatic rings. The van der Waals surface area contributed by atoms with E-state index in [0.717, 1.165) is 25.7 Å². The van der Waals surface area contributed by atoms with Crippen molar-refractivity contribution in [1.82, 2.24) is 4.90 Å². The van der Waals surface area contributed by atoms with Gasteiger partial charge in [0.1, 0.15) is 5.82 Å².